The number of amides is 2. The molecule has 1 fully saturated rings. The Labute approximate surface area is 172 Å². The van der Waals surface area contributed by atoms with E-state index in [1.54, 1.807) is 6.07 Å². The lowest BCUT2D eigenvalue weighted by atomic mass is 10.0. The number of nitrogens with zero attached hydrogens (tertiary/aromatic N) is 2. The number of carbonyl (C=O) groups is 2. The topological polar surface area (TPSA) is 65.8 Å². The van der Waals surface area contributed by atoms with Gasteiger partial charge in [0.1, 0.15) is 11.5 Å². The molecule has 1 N–H and O–H groups in total. The van der Waals surface area contributed by atoms with Crippen molar-refractivity contribution in [3.63, 3.8) is 0 Å². The molecule has 0 aliphatic carbocycles. The van der Waals surface area contributed by atoms with Crippen LogP contribution in [0.2, 0.25) is 0 Å². The first-order valence-corrected chi connectivity index (χ1v) is 10.3. The van der Waals surface area contributed by atoms with Crippen LogP contribution in [0.4, 0.5) is 0 Å². The molecule has 0 saturated carbocycles. The number of furan rings is 1. The van der Waals surface area contributed by atoms with Crippen LogP contribution in [0.3, 0.4) is 0 Å². The Kier molecular flexibility index (Phi) is 6.75. The van der Waals surface area contributed by atoms with Crippen LogP contribution in [0, 0.1) is 13.8 Å². The van der Waals surface area contributed by atoms with E-state index in [4.69, 9.17) is 4.42 Å². The van der Waals surface area contributed by atoms with Crippen molar-refractivity contribution in [1.82, 2.24) is 15.1 Å². The standard InChI is InChI=1S/C23H31N3O3/c1-5-19-6-8-20(9-7-19)17(3)24-22(27)15-25-10-12-26(13-11-25)23(28)21-14-16(2)29-18(21)4/h6-9,14,17H,5,10-13,15H2,1-4H3,(H,24,27). The molecule has 1 unspecified atom stereocenters. The van der Waals surface area contributed by atoms with Crippen molar-refractivity contribution in [2.24, 2.45) is 0 Å². The van der Waals surface area contributed by atoms with Gasteiger partial charge in [-0.2, -0.15) is 0 Å². The molecule has 0 spiro atoms. The van der Waals surface area contributed by atoms with Crippen molar-refractivity contribution in [1.29, 1.82) is 0 Å². The number of hydrogen-bond acceptors (Lipinski definition) is 4. The molecule has 1 aliphatic heterocycles. The summed E-state index contributed by atoms with van der Waals surface area (Å²) in [5.74, 6) is 1.43. The summed E-state index contributed by atoms with van der Waals surface area (Å²) < 4.78 is 5.48. The summed E-state index contributed by atoms with van der Waals surface area (Å²) in [5.41, 5.74) is 3.04. The molecule has 0 bridgehead atoms. The molecule has 2 heterocycles. The molecule has 0 radical (unpaired) electrons. The fourth-order valence-electron chi connectivity index (χ4n) is 3.74. The van der Waals surface area contributed by atoms with E-state index in [2.05, 4.69) is 41.4 Å². The first kappa shape index (κ1) is 21.1. The van der Waals surface area contributed by atoms with Gasteiger partial charge in [-0.25, -0.2) is 0 Å². The lowest BCUT2D eigenvalue weighted by molar-refractivity contribution is -0.123. The highest BCUT2D eigenvalue weighted by Gasteiger charge is 2.25. The van der Waals surface area contributed by atoms with Crippen molar-refractivity contribution in [2.75, 3.05) is 32.7 Å². The van der Waals surface area contributed by atoms with Crippen LogP contribution in [-0.2, 0) is 11.2 Å². The average Bonchev–Trinajstić information content (AvgIpc) is 3.06. The molecule has 1 atom stereocenters. The number of benzene rings is 1. The lowest BCUT2D eigenvalue weighted by Gasteiger charge is -2.34. The second kappa shape index (κ2) is 9.27. The molecule has 2 aromatic rings. The number of piperazine rings is 1. The number of carbonyl (C=O) groups excluding carboxylic acids is 2. The molecule has 156 valence electrons. The Bertz CT molecular complexity index is 849. The Hall–Kier alpha value is -2.60. The lowest BCUT2D eigenvalue weighted by Crippen LogP contribution is -2.51. The molecule has 1 aromatic carbocycles. The molecule has 1 aromatic heterocycles. The SMILES string of the molecule is CCc1ccc(C(C)NC(=O)CN2CCN(C(=O)c3cc(C)oc3C)CC2)cc1. The predicted molar refractivity (Wildman–Crippen MR) is 113 cm³/mol. The zero-order valence-corrected chi connectivity index (χ0v) is 17.8. The van der Waals surface area contributed by atoms with Gasteiger partial charge < -0.3 is 14.6 Å². The van der Waals surface area contributed by atoms with E-state index in [0.29, 0.717) is 44.0 Å². The third kappa shape index (κ3) is 5.26. The molecule has 29 heavy (non-hydrogen) atoms. The number of nitrogens with one attached hydrogen (secondary N) is 1. The van der Waals surface area contributed by atoms with Crippen LogP contribution in [0.25, 0.3) is 0 Å². The maximum absolute atomic E-state index is 12.7. The van der Waals surface area contributed by atoms with Crippen LogP contribution in [0.5, 0.6) is 0 Å². The van der Waals surface area contributed by atoms with Gasteiger partial charge in [-0.1, -0.05) is 31.2 Å². The molecule has 3 rings (SSSR count). The molecule has 6 heteroatoms. The third-order valence-electron chi connectivity index (χ3n) is 5.56. The molecule has 6 nitrogen and oxygen atoms in total. The van der Waals surface area contributed by atoms with E-state index < -0.39 is 0 Å². The maximum Gasteiger partial charge on any atom is 0.257 e. The number of aryl methyl sites for hydroxylation is 3. The van der Waals surface area contributed by atoms with Crippen LogP contribution in [-0.4, -0.2) is 54.3 Å². The van der Waals surface area contributed by atoms with Gasteiger partial charge in [0.25, 0.3) is 5.91 Å². The Morgan fingerprint density at radius 2 is 1.76 bits per heavy atom. The first-order chi connectivity index (χ1) is 13.9. The predicted octanol–water partition coefficient (Wildman–Crippen LogP) is 3.09. The van der Waals surface area contributed by atoms with Crippen molar-refractivity contribution in [2.45, 2.75) is 40.2 Å². The second-order valence-corrected chi connectivity index (χ2v) is 7.78. The monoisotopic (exact) mass is 397 g/mol. The summed E-state index contributed by atoms with van der Waals surface area (Å²) in [4.78, 5) is 29.1. The first-order valence-electron chi connectivity index (χ1n) is 10.3. The van der Waals surface area contributed by atoms with Gasteiger partial charge in [0, 0.05) is 26.2 Å². The normalized spacial score (nSPS) is 15.9. The van der Waals surface area contributed by atoms with E-state index in [9.17, 15) is 9.59 Å². The summed E-state index contributed by atoms with van der Waals surface area (Å²) in [6.07, 6.45) is 1.01. The van der Waals surface area contributed by atoms with Crippen molar-refractivity contribution >= 4 is 11.8 Å². The van der Waals surface area contributed by atoms with Gasteiger partial charge in [-0.3, -0.25) is 14.5 Å². The number of hydrogen-bond donors (Lipinski definition) is 1. The maximum atomic E-state index is 12.7. The Morgan fingerprint density at radius 1 is 1.10 bits per heavy atom. The van der Waals surface area contributed by atoms with Gasteiger partial charge >= 0.3 is 0 Å². The minimum Gasteiger partial charge on any atom is -0.466 e. The zero-order valence-electron chi connectivity index (χ0n) is 17.8. The van der Waals surface area contributed by atoms with Gasteiger partial charge in [0.15, 0.2) is 0 Å². The smallest absolute Gasteiger partial charge is 0.257 e. The molecular weight excluding hydrogens is 366 g/mol. The van der Waals surface area contributed by atoms with Crippen LogP contribution in [0.15, 0.2) is 34.7 Å². The van der Waals surface area contributed by atoms with Crippen LogP contribution >= 0.6 is 0 Å². The van der Waals surface area contributed by atoms with Gasteiger partial charge in [0.05, 0.1) is 18.2 Å². The minimum atomic E-state index is -0.0245. The summed E-state index contributed by atoms with van der Waals surface area (Å²) in [6, 6.07) is 10.1. The largest absolute Gasteiger partial charge is 0.466 e. The third-order valence-corrected chi connectivity index (χ3v) is 5.56. The highest BCUT2D eigenvalue weighted by Crippen LogP contribution is 2.17. The van der Waals surface area contributed by atoms with Crippen LogP contribution < -0.4 is 5.32 Å². The summed E-state index contributed by atoms with van der Waals surface area (Å²) in [7, 11) is 0. The fraction of sp³-hybridized carbons (Fsp3) is 0.478. The van der Waals surface area contributed by atoms with Crippen molar-refractivity contribution < 1.29 is 14.0 Å². The minimum absolute atomic E-state index is 0.00704. The molecule has 1 saturated heterocycles. The van der Waals surface area contributed by atoms with E-state index >= 15 is 0 Å². The van der Waals surface area contributed by atoms with Crippen molar-refractivity contribution in [3.8, 4) is 0 Å². The summed E-state index contributed by atoms with van der Waals surface area (Å²) >= 11 is 0. The summed E-state index contributed by atoms with van der Waals surface area (Å²) in [6.45, 7) is 10.8. The van der Waals surface area contributed by atoms with Gasteiger partial charge in [-0.15, -0.1) is 0 Å². The molecule has 2 amide bonds. The zero-order chi connectivity index (χ0) is 21.0. The molecule has 1 aliphatic rings. The van der Waals surface area contributed by atoms with E-state index in [0.717, 1.165) is 17.7 Å². The highest BCUT2D eigenvalue weighted by atomic mass is 16.3. The average molecular weight is 398 g/mol. The second-order valence-electron chi connectivity index (χ2n) is 7.78. The van der Waals surface area contributed by atoms with Crippen molar-refractivity contribution in [3.05, 3.63) is 58.5 Å². The highest BCUT2D eigenvalue weighted by molar-refractivity contribution is 5.95. The molecular formula is C23H31N3O3. The number of rotatable bonds is 6. The fourth-order valence-corrected chi connectivity index (χ4v) is 3.74. The Balaban J connectivity index is 1.46. The van der Waals surface area contributed by atoms with E-state index in [1.165, 1.54) is 5.56 Å². The van der Waals surface area contributed by atoms with Crippen LogP contribution in [0.1, 0.15) is 52.9 Å². The quantitative estimate of drug-likeness (QED) is 0.813. The van der Waals surface area contributed by atoms with E-state index in [1.807, 2.05) is 25.7 Å². The van der Waals surface area contributed by atoms with Gasteiger partial charge in [-0.05, 0) is 44.4 Å². The van der Waals surface area contributed by atoms with E-state index in [-0.39, 0.29) is 17.9 Å². The summed E-state index contributed by atoms with van der Waals surface area (Å²) in [5, 5.41) is 3.08. The Morgan fingerprint density at radius 3 is 2.31 bits per heavy atom. The van der Waals surface area contributed by atoms with Gasteiger partial charge in [0.2, 0.25) is 5.91 Å².